The van der Waals surface area contributed by atoms with E-state index in [0.717, 1.165) is 0 Å². The molecule has 2 aromatic carbocycles. The number of benzene rings is 2. The first kappa shape index (κ1) is 53.9. The van der Waals surface area contributed by atoms with Gasteiger partial charge in [0.25, 0.3) is 0 Å². The Hall–Kier alpha value is -7.76. The van der Waals surface area contributed by atoms with Crippen LogP contribution in [-0.4, -0.2) is 139 Å². The maximum atomic E-state index is 14.6. The molecule has 24 heteroatoms. The predicted octanol–water partition coefficient (Wildman–Crippen LogP) is -2.35. The molecule has 2 heterocycles. The zero-order valence-electron chi connectivity index (χ0n) is 38.4. The lowest BCUT2D eigenvalue weighted by Gasteiger charge is -2.30. The molecule has 0 bridgehead atoms. The van der Waals surface area contributed by atoms with Gasteiger partial charge in [0, 0.05) is 50.7 Å². The summed E-state index contributed by atoms with van der Waals surface area (Å²) in [7, 11) is 0. The van der Waals surface area contributed by atoms with Crippen molar-refractivity contribution in [3.63, 3.8) is 0 Å². The van der Waals surface area contributed by atoms with E-state index >= 15 is 0 Å². The molecule has 0 saturated carbocycles. The molecule has 0 spiro atoms. The number of carboxylic acids is 1. The molecule has 7 atom stereocenters. The molecular formula is C45H63N13O11. The zero-order chi connectivity index (χ0) is 50.8. The summed E-state index contributed by atoms with van der Waals surface area (Å²) in [6.07, 6.45) is 2.80. The highest BCUT2D eigenvalue weighted by Crippen LogP contribution is 2.20. The van der Waals surface area contributed by atoms with E-state index in [-0.39, 0.29) is 69.1 Å². The monoisotopic (exact) mass is 961 g/mol. The van der Waals surface area contributed by atoms with Crippen LogP contribution in [0.4, 0.5) is 0 Å². The third kappa shape index (κ3) is 17.1. The van der Waals surface area contributed by atoms with Crippen LogP contribution in [0, 0.1) is 5.92 Å². The van der Waals surface area contributed by atoms with Crippen molar-refractivity contribution < 1.29 is 53.7 Å². The molecule has 17 N–H and O–H groups in total. The van der Waals surface area contributed by atoms with Crippen molar-refractivity contribution in [2.24, 2.45) is 33.8 Å². The number of primary amides is 1. The number of carbonyl (C=O) groups excluding carboxylic acids is 7. The summed E-state index contributed by atoms with van der Waals surface area (Å²) in [5.74, 6) is -7.58. The molecule has 4 rings (SSSR count). The number of hydrogen-bond acceptors (Lipinski definition) is 13. The summed E-state index contributed by atoms with van der Waals surface area (Å²) >= 11 is 0. The van der Waals surface area contributed by atoms with E-state index in [4.69, 9.17) is 28.0 Å². The lowest BCUT2D eigenvalue weighted by Crippen LogP contribution is -2.61. The second kappa shape index (κ2) is 26.0. The molecule has 69 heavy (non-hydrogen) atoms. The summed E-state index contributed by atoms with van der Waals surface area (Å²) in [5, 5.41) is 42.4. The van der Waals surface area contributed by atoms with Crippen molar-refractivity contribution in [2.75, 3.05) is 13.1 Å². The average molecular weight is 962 g/mol. The normalized spacial score (nSPS) is 15.9. The van der Waals surface area contributed by atoms with Gasteiger partial charge in [-0.2, -0.15) is 0 Å². The largest absolute Gasteiger partial charge is 0.508 e. The summed E-state index contributed by atoms with van der Waals surface area (Å²) in [6.45, 7) is 3.54. The number of H-pyrrole nitrogens is 1. The van der Waals surface area contributed by atoms with E-state index in [9.17, 15) is 48.6 Å². The molecule has 1 saturated heterocycles. The van der Waals surface area contributed by atoms with E-state index in [0.29, 0.717) is 29.7 Å². The van der Waals surface area contributed by atoms with Gasteiger partial charge in [-0.25, -0.2) is 4.98 Å². The van der Waals surface area contributed by atoms with Crippen molar-refractivity contribution >= 4 is 53.3 Å². The molecule has 374 valence electrons. The maximum Gasteiger partial charge on any atom is 0.303 e. The molecule has 24 nitrogen and oxygen atoms in total. The standard InChI is InChI=1S/C45H63N13O11/c1-24(2)37(57-40(65)31(5-3-17-51-45(48)49)53-39(64)30(46)15-16-36(61)62)43(68)55-33(20-26-9-13-29(60)14-10-26)41(66)54-32(19-25-7-11-28(59)12-8-25)42(67)56-34(21-27-22-50-23-52-27)44(69)58-18-4-6-35(58)38(47)63/h7-14,22-24,30-35,37,59-60H,3-6,15-21,46H2,1-2H3,(H2,47,63)(H,50,52)(H,53,64)(H,54,66)(H,55,68)(H,56,67)(H,57,65)(H,61,62)(H4,48,49,51)/t30-,31-,32-,33-,34-,35-,37-/m0/s1. The first-order chi connectivity index (χ1) is 32.7. The van der Waals surface area contributed by atoms with Crippen molar-refractivity contribution in [1.82, 2.24) is 41.5 Å². The fourth-order valence-electron chi connectivity index (χ4n) is 7.55. The fourth-order valence-corrected chi connectivity index (χ4v) is 7.55. The minimum atomic E-state index is -1.44. The number of nitrogens with zero attached hydrogens (tertiary/aromatic N) is 3. The predicted molar refractivity (Wildman–Crippen MR) is 249 cm³/mol. The minimum absolute atomic E-state index is 0.0269. The molecule has 1 aliphatic rings. The number of imidazole rings is 1. The first-order valence-corrected chi connectivity index (χ1v) is 22.4. The summed E-state index contributed by atoms with van der Waals surface area (Å²) in [5.41, 5.74) is 23.9. The number of guanidine groups is 1. The van der Waals surface area contributed by atoms with Crippen LogP contribution in [-0.2, 0) is 57.6 Å². The Bertz CT molecular complexity index is 2270. The van der Waals surface area contributed by atoms with Gasteiger partial charge in [0.15, 0.2) is 5.96 Å². The number of phenols is 2. The number of aromatic nitrogens is 2. The van der Waals surface area contributed by atoms with E-state index in [1.165, 1.54) is 66.0 Å². The number of nitrogens with two attached hydrogens (primary N) is 4. The van der Waals surface area contributed by atoms with E-state index in [2.05, 4.69) is 41.5 Å². The number of carboxylic acid groups (broad SMARTS) is 1. The Morgan fingerprint density at radius 3 is 1.78 bits per heavy atom. The van der Waals surface area contributed by atoms with Gasteiger partial charge in [-0.05, 0) is 73.4 Å². The number of likely N-dealkylation sites (tertiary alicyclic amines) is 1. The summed E-state index contributed by atoms with van der Waals surface area (Å²) in [6, 6.07) is 2.69. The van der Waals surface area contributed by atoms with Crippen molar-refractivity contribution in [2.45, 2.75) is 114 Å². The van der Waals surface area contributed by atoms with Crippen LogP contribution in [0.15, 0.2) is 66.0 Å². The lowest BCUT2D eigenvalue weighted by atomic mass is 9.99. The number of hydrogen-bond donors (Lipinski definition) is 13. The maximum absolute atomic E-state index is 14.6. The Morgan fingerprint density at radius 1 is 0.739 bits per heavy atom. The minimum Gasteiger partial charge on any atom is -0.508 e. The van der Waals surface area contributed by atoms with Gasteiger partial charge in [0.1, 0.15) is 47.8 Å². The van der Waals surface area contributed by atoms with Crippen LogP contribution in [0.3, 0.4) is 0 Å². The van der Waals surface area contributed by atoms with Crippen molar-refractivity contribution in [1.29, 1.82) is 0 Å². The number of nitrogens with one attached hydrogen (secondary N) is 6. The van der Waals surface area contributed by atoms with Gasteiger partial charge in [-0.1, -0.05) is 38.1 Å². The van der Waals surface area contributed by atoms with E-state index in [1.807, 2.05) is 0 Å². The van der Waals surface area contributed by atoms with Crippen LogP contribution in [0.25, 0.3) is 0 Å². The highest BCUT2D eigenvalue weighted by Gasteiger charge is 2.39. The number of aromatic amines is 1. The smallest absolute Gasteiger partial charge is 0.303 e. The third-order valence-corrected chi connectivity index (χ3v) is 11.3. The van der Waals surface area contributed by atoms with Gasteiger partial charge < -0.3 is 74.7 Å². The second-order valence-corrected chi connectivity index (χ2v) is 17.1. The Balaban J connectivity index is 1.64. The fraction of sp³-hybridized carbons (Fsp3) is 0.467. The van der Waals surface area contributed by atoms with Gasteiger partial charge in [-0.15, -0.1) is 0 Å². The third-order valence-electron chi connectivity index (χ3n) is 11.3. The molecule has 0 radical (unpaired) electrons. The molecule has 1 aliphatic heterocycles. The average Bonchev–Trinajstić information content (AvgIpc) is 4.02. The number of carbonyl (C=O) groups is 8. The Kier molecular flexibility index (Phi) is 20.3. The van der Waals surface area contributed by atoms with Crippen molar-refractivity contribution in [3.8, 4) is 11.5 Å². The Labute approximate surface area is 397 Å². The van der Waals surface area contributed by atoms with Crippen LogP contribution >= 0.6 is 0 Å². The topological polar surface area (TPSA) is 406 Å². The Morgan fingerprint density at radius 2 is 1.28 bits per heavy atom. The van der Waals surface area contributed by atoms with Gasteiger partial charge in [-0.3, -0.25) is 43.3 Å². The molecule has 0 unspecified atom stereocenters. The number of rotatable bonds is 26. The molecule has 1 aromatic heterocycles. The van der Waals surface area contributed by atoms with Crippen LogP contribution < -0.4 is 49.5 Å². The van der Waals surface area contributed by atoms with Crippen molar-refractivity contribution in [3.05, 3.63) is 77.9 Å². The quantitative estimate of drug-likeness (QED) is 0.0228. The molecule has 1 fully saturated rings. The highest BCUT2D eigenvalue weighted by atomic mass is 16.4. The number of aliphatic carboxylic acids is 1. The zero-order valence-corrected chi connectivity index (χ0v) is 38.4. The lowest BCUT2D eigenvalue weighted by molar-refractivity contribution is -0.141. The number of aromatic hydroxyl groups is 2. The van der Waals surface area contributed by atoms with E-state index in [1.54, 1.807) is 13.8 Å². The second-order valence-electron chi connectivity index (χ2n) is 17.1. The van der Waals surface area contributed by atoms with Gasteiger partial charge in [0.05, 0.1) is 12.4 Å². The summed E-state index contributed by atoms with van der Waals surface area (Å²) in [4.78, 5) is 120. The molecular weight excluding hydrogens is 899 g/mol. The number of phenolic OH excluding ortho intramolecular Hbond substituents is 2. The number of aliphatic imine (C=N–C) groups is 1. The molecule has 7 amide bonds. The van der Waals surface area contributed by atoms with E-state index < -0.39 is 102 Å². The number of amides is 7. The highest BCUT2D eigenvalue weighted by molar-refractivity contribution is 5.97. The SMILES string of the molecule is CC(C)[C@H](NC(=O)[C@H](CCCN=C(N)N)NC(=O)[C@@H](N)CCC(=O)O)C(=O)N[C@@H](Cc1ccc(O)cc1)C(=O)N[C@@H](Cc1ccc(O)cc1)C(=O)N[C@@H](Cc1cnc[nH]1)C(=O)N1CCC[C@H]1C(N)=O. The van der Waals surface area contributed by atoms with Crippen LogP contribution in [0.5, 0.6) is 11.5 Å². The van der Waals surface area contributed by atoms with Gasteiger partial charge in [0.2, 0.25) is 41.4 Å². The molecule has 3 aromatic rings. The van der Waals surface area contributed by atoms with Crippen LogP contribution in [0.1, 0.15) is 69.2 Å². The van der Waals surface area contributed by atoms with Crippen LogP contribution in [0.2, 0.25) is 0 Å². The first-order valence-electron chi connectivity index (χ1n) is 22.4. The molecule has 0 aliphatic carbocycles. The summed E-state index contributed by atoms with van der Waals surface area (Å²) < 4.78 is 0. The van der Waals surface area contributed by atoms with Gasteiger partial charge >= 0.3 is 5.97 Å².